The van der Waals surface area contributed by atoms with Crippen LogP contribution in [0.25, 0.3) is 0 Å². The van der Waals surface area contributed by atoms with Gasteiger partial charge in [0.15, 0.2) is 0 Å². The van der Waals surface area contributed by atoms with E-state index in [1.165, 1.54) is 11.1 Å². The van der Waals surface area contributed by atoms with Crippen LogP contribution in [0, 0.1) is 35.5 Å². The first-order chi connectivity index (χ1) is 19.1. The molecule has 1 atom stereocenters. The highest BCUT2D eigenvalue weighted by atomic mass is 15.3. The molecule has 0 saturated carbocycles. The van der Waals surface area contributed by atoms with Crippen LogP contribution in [-0.4, -0.2) is 42.6 Å². The lowest BCUT2D eigenvalue weighted by molar-refractivity contribution is 0.253. The average molecular weight is 536 g/mol. The first kappa shape index (κ1) is 30.9. The summed E-state index contributed by atoms with van der Waals surface area (Å²) >= 11 is 0. The van der Waals surface area contributed by atoms with Gasteiger partial charge in [-0.3, -0.25) is 9.88 Å². The van der Waals surface area contributed by atoms with Crippen LogP contribution in [0.15, 0.2) is 66.9 Å². The first-order valence-corrected chi connectivity index (χ1v) is 14.5. The van der Waals surface area contributed by atoms with Crippen LogP contribution in [0.2, 0.25) is 0 Å². The van der Waals surface area contributed by atoms with Gasteiger partial charge >= 0.3 is 0 Å². The molecule has 210 valence electrons. The maximum atomic E-state index is 9.79. The average Bonchev–Trinajstić information content (AvgIpc) is 2.95. The second-order valence-electron chi connectivity index (χ2n) is 12.2. The van der Waals surface area contributed by atoms with E-state index in [1.807, 2.05) is 30.5 Å². The van der Waals surface area contributed by atoms with E-state index in [9.17, 15) is 10.5 Å². The number of aromatic nitrogens is 1. The largest absolute Gasteiger partial charge is 0.368 e. The number of rotatable bonds is 7. The topological polar surface area (TPSA) is 66.9 Å². The van der Waals surface area contributed by atoms with E-state index in [0.717, 1.165) is 61.5 Å². The molecule has 0 radical (unpaired) electrons. The number of nitriles is 2. The number of nitrogens with zero attached hydrogens (tertiary/aromatic N) is 5. The molecule has 1 saturated heterocycles. The molecule has 2 heterocycles. The Balaban J connectivity index is 0.000000547. The molecule has 4 rings (SSSR count). The van der Waals surface area contributed by atoms with Gasteiger partial charge < -0.3 is 4.90 Å². The van der Waals surface area contributed by atoms with E-state index in [-0.39, 0.29) is 11.3 Å². The fourth-order valence-electron chi connectivity index (χ4n) is 4.80. The molecule has 40 heavy (non-hydrogen) atoms. The van der Waals surface area contributed by atoms with Crippen molar-refractivity contribution in [3.8, 4) is 12.1 Å². The Morgan fingerprint density at radius 1 is 0.925 bits per heavy atom. The molecule has 1 fully saturated rings. The van der Waals surface area contributed by atoms with Gasteiger partial charge in [-0.2, -0.15) is 10.5 Å². The number of pyridine rings is 1. The number of piperazine rings is 1. The molecule has 1 aromatic heterocycles. The second-order valence-corrected chi connectivity index (χ2v) is 12.2. The smallest absolute Gasteiger partial charge is 0.101 e. The fourth-order valence-corrected chi connectivity index (χ4v) is 4.80. The predicted octanol–water partition coefficient (Wildman–Crippen LogP) is 7.26. The van der Waals surface area contributed by atoms with Crippen molar-refractivity contribution in [2.24, 2.45) is 5.92 Å². The molecule has 1 unspecified atom stereocenters. The van der Waals surface area contributed by atoms with Crippen LogP contribution in [0.5, 0.6) is 0 Å². The Kier molecular flexibility index (Phi) is 11.3. The summed E-state index contributed by atoms with van der Waals surface area (Å²) < 4.78 is 0. The van der Waals surface area contributed by atoms with E-state index in [4.69, 9.17) is 0 Å². The van der Waals surface area contributed by atoms with Crippen molar-refractivity contribution in [3.63, 3.8) is 0 Å². The van der Waals surface area contributed by atoms with Crippen LogP contribution in [0.1, 0.15) is 74.9 Å². The molecule has 5 nitrogen and oxygen atoms in total. The Labute approximate surface area is 242 Å². The van der Waals surface area contributed by atoms with Crippen molar-refractivity contribution < 1.29 is 0 Å². The van der Waals surface area contributed by atoms with E-state index < -0.39 is 0 Å². The minimum Gasteiger partial charge on any atom is -0.368 e. The van der Waals surface area contributed by atoms with Crippen molar-refractivity contribution >= 4 is 5.69 Å². The summed E-state index contributed by atoms with van der Waals surface area (Å²) in [5.74, 6) is 0.473. The molecule has 0 aliphatic carbocycles. The van der Waals surface area contributed by atoms with Gasteiger partial charge in [0.2, 0.25) is 0 Å². The Hall–Kier alpha value is -3.67. The summed E-state index contributed by atoms with van der Waals surface area (Å²) in [6.07, 6.45) is 4.02. The predicted molar refractivity (Wildman–Crippen MR) is 165 cm³/mol. The van der Waals surface area contributed by atoms with Crippen LogP contribution in [0.3, 0.4) is 0 Å². The standard InChI is InChI=1S/C28H37N5.C7H8/c1-21(2)6-7-22-8-10-26(24(16-22)17-29)33-14-12-32(13-15-33)20-25(18-30)23-9-11-27(31-19-23)28(3,4)5;1-7-5-3-2-4-6-7/h8-11,16,19,21,25H,6-7,12-15,20H2,1-5H3;2-6H,1H3. The fraction of sp³-hybridized carbons (Fsp3) is 0.457. The van der Waals surface area contributed by atoms with Crippen molar-refractivity contribution in [2.45, 2.75) is 65.7 Å². The molecule has 0 amide bonds. The number of benzene rings is 2. The van der Waals surface area contributed by atoms with Crippen LogP contribution in [0.4, 0.5) is 5.69 Å². The number of hydrogen-bond donors (Lipinski definition) is 0. The van der Waals surface area contributed by atoms with Gasteiger partial charge in [0.1, 0.15) is 6.07 Å². The zero-order chi connectivity index (χ0) is 29.1. The molecular formula is C35H45N5. The Bertz CT molecular complexity index is 1270. The molecule has 0 spiro atoms. The molecule has 1 aliphatic rings. The summed E-state index contributed by atoms with van der Waals surface area (Å²) in [7, 11) is 0. The lowest BCUT2D eigenvalue weighted by Gasteiger charge is -2.37. The molecule has 5 heteroatoms. The molecule has 0 bridgehead atoms. The monoisotopic (exact) mass is 535 g/mol. The van der Waals surface area contributed by atoms with Crippen LogP contribution >= 0.6 is 0 Å². The SMILES string of the molecule is CC(C)CCc1ccc(N2CCN(CC(C#N)c3ccc(C(C)(C)C)nc3)CC2)c(C#N)c1.Cc1ccccc1. The summed E-state index contributed by atoms with van der Waals surface area (Å²) in [5.41, 5.74) is 6.39. The van der Waals surface area contributed by atoms with Gasteiger partial charge in [0.25, 0.3) is 0 Å². The number of aryl methyl sites for hydroxylation is 2. The highest BCUT2D eigenvalue weighted by Crippen LogP contribution is 2.26. The first-order valence-electron chi connectivity index (χ1n) is 14.5. The third-order valence-electron chi connectivity index (χ3n) is 7.40. The van der Waals surface area contributed by atoms with E-state index in [0.29, 0.717) is 12.5 Å². The van der Waals surface area contributed by atoms with Gasteiger partial charge in [0.05, 0.1) is 23.2 Å². The highest BCUT2D eigenvalue weighted by Gasteiger charge is 2.23. The van der Waals surface area contributed by atoms with E-state index in [1.54, 1.807) is 0 Å². The zero-order valence-electron chi connectivity index (χ0n) is 25.2. The quantitative estimate of drug-likeness (QED) is 0.318. The third-order valence-corrected chi connectivity index (χ3v) is 7.40. The van der Waals surface area contributed by atoms with Crippen LogP contribution < -0.4 is 4.90 Å². The maximum absolute atomic E-state index is 9.79. The highest BCUT2D eigenvalue weighted by molar-refractivity contribution is 5.60. The summed E-state index contributed by atoms with van der Waals surface area (Å²) in [5, 5.41) is 19.5. The van der Waals surface area contributed by atoms with Crippen molar-refractivity contribution in [3.05, 3.63) is 94.8 Å². The lowest BCUT2D eigenvalue weighted by Crippen LogP contribution is -2.47. The van der Waals surface area contributed by atoms with E-state index >= 15 is 0 Å². The molecule has 0 N–H and O–H groups in total. The number of anilines is 1. The van der Waals surface area contributed by atoms with E-state index in [2.05, 4.69) is 105 Å². The minimum atomic E-state index is -0.187. The van der Waals surface area contributed by atoms with Gasteiger partial charge in [-0.25, -0.2) is 0 Å². The van der Waals surface area contributed by atoms with Gasteiger partial charge in [-0.15, -0.1) is 0 Å². The van der Waals surface area contributed by atoms with Gasteiger partial charge in [-0.1, -0.05) is 82.6 Å². The summed E-state index contributed by atoms with van der Waals surface area (Å²) in [4.78, 5) is 9.26. The zero-order valence-corrected chi connectivity index (χ0v) is 25.2. The Morgan fingerprint density at radius 3 is 2.12 bits per heavy atom. The van der Waals surface area contributed by atoms with Crippen molar-refractivity contribution in [2.75, 3.05) is 37.6 Å². The summed E-state index contributed by atoms with van der Waals surface area (Å²) in [6.45, 7) is 17.2. The molecule has 2 aromatic carbocycles. The maximum Gasteiger partial charge on any atom is 0.101 e. The second kappa shape index (κ2) is 14.6. The third kappa shape index (κ3) is 9.22. The minimum absolute atomic E-state index is 0.00586. The molecular weight excluding hydrogens is 490 g/mol. The summed E-state index contributed by atoms with van der Waals surface area (Å²) in [6, 6.07) is 25.6. The lowest BCUT2D eigenvalue weighted by atomic mass is 9.90. The van der Waals surface area contributed by atoms with Crippen molar-refractivity contribution in [1.82, 2.24) is 9.88 Å². The molecule has 3 aromatic rings. The normalized spacial score (nSPS) is 14.6. The molecule has 1 aliphatic heterocycles. The van der Waals surface area contributed by atoms with Crippen molar-refractivity contribution in [1.29, 1.82) is 10.5 Å². The Morgan fingerprint density at radius 2 is 1.62 bits per heavy atom. The number of hydrogen-bond acceptors (Lipinski definition) is 5. The van der Waals surface area contributed by atoms with Gasteiger partial charge in [-0.05, 0) is 55.0 Å². The van der Waals surface area contributed by atoms with Gasteiger partial charge in [0, 0.05) is 50.0 Å². The van der Waals surface area contributed by atoms with Crippen LogP contribution in [-0.2, 0) is 11.8 Å².